The Balaban J connectivity index is 2.03. The number of rotatable bonds is 7. The minimum Gasteiger partial charge on any atom is -0.459 e. The van der Waals surface area contributed by atoms with E-state index in [4.69, 9.17) is 14.7 Å². The van der Waals surface area contributed by atoms with Crippen LogP contribution in [-0.4, -0.2) is 26.3 Å². The van der Waals surface area contributed by atoms with Gasteiger partial charge in [-0.05, 0) is 35.9 Å². The molecule has 0 bridgehead atoms. The molecule has 0 atom stereocenters. The number of esters is 1. The van der Waals surface area contributed by atoms with Gasteiger partial charge in [0.15, 0.2) is 0 Å². The lowest BCUT2D eigenvalue weighted by atomic mass is 10.1. The first-order valence-corrected chi connectivity index (χ1v) is 7.43. The van der Waals surface area contributed by atoms with E-state index in [1.54, 1.807) is 0 Å². The van der Waals surface area contributed by atoms with Crippen molar-refractivity contribution in [1.82, 2.24) is 0 Å². The Morgan fingerprint density at radius 3 is 2.38 bits per heavy atom. The molecule has 0 aliphatic carbocycles. The highest BCUT2D eigenvalue weighted by atomic mass is 16.6. The van der Waals surface area contributed by atoms with Crippen molar-refractivity contribution < 1.29 is 14.3 Å². The monoisotopic (exact) mass is 322 g/mol. The Hall–Kier alpha value is -3.10. The van der Waals surface area contributed by atoms with E-state index in [-0.39, 0.29) is 12.2 Å². The first-order chi connectivity index (χ1) is 11.7. The van der Waals surface area contributed by atoms with Crippen LogP contribution in [0.3, 0.4) is 0 Å². The summed E-state index contributed by atoms with van der Waals surface area (Å²) in [6.45, 7) is 0.415. The fourth-order valence-electron chi connectivity index (χ4n) is 1.95. The zero-order valence-corrected chi connectivity index (χ0v) is 13.4. The predicted molar refractivity (Wildman–Crippen MR) is 92.6 cm³/mol. The van der Waals surface area contributed by atoms with E-state index in [1.165, 1.54) is 13.2 Å². The van der Waals surface area contributed by atoms with Crippen molar-refractivity contribution in [3.05, 3.63) is 65.7 Å². The van der Waals surface area contributed by atoms with Gasteiger partial charge >= 0.3 is 5.97 Å². The number of methoxy groups -OCH3 is 1. The molecule has 2 aromatic carbocycles. The molecule has 122 valence electrons. The fraction of sp³-hybridized carbons (Fsp3) is 0.158. The van der Waals surface area contributed by atoms with E-state index in [9.17, 15) is 4.79 Å². The van der Waals surface area contributed by atoms with Crippen LogP contribution < -0.4 is 5.32 Å². The Labute approximate surface area is 141 Å². The highest BCUT2D eigenvalue weighted by molar-refractivity contribution is 5.97. The number of carbonyl (C=O) groups excluding carboxylic acids is 1. The van der Waals surface area contributed by atoms with Crippen molar-refractivity contribution in [1.29, 1.82) is 5.26 Å². The van der Waals surface area contributed by atoms with Crippen LogP contribution in [0.5, 0.6) is 0 Å². The summed E-state index contributed by atoms with van der Waals surface area (Å²) in [4.78, 5) is 11.8. The fourth-order valence-corrected chi connectivity index (χ4v) is 1.95. The van der Waals surface area contributed by atoms with E-state index >= 15 is 0 Å². The van der Waals surface area contributed by atoms with Gasteiger partial charge in [0.25, 0.3) is 0 Å². The lowest BCUT2D eigenvalue weighted by Gasteiger charge is -2.06. The molecule has 1 N–H and O–H groups in total. The number of anilines is 2. The lowest BCUT2D eigenvalue weighted by molar-refractivity contribution is -0.139. The molecule has 2 aromatic rings. The Bertz CT molecular complexity index is 731. The van der Waals surface area contributed by atoms with Crippen LogP contribution in [0.15, 0.2) is 60.2 Å². The first-order valence-electron chi connectivity index (χ1n) is 7.43. The summed E-state index contributed by atoms with van der Waals surface area (Å²) < 4.78 is 9.74. The summed E-state index contributed by atoms with van der Waals surface area (Å²) in [6, 6.07) is 19.1. The van der Waals surface area contributed by atoms with Gasteiger partial charge in [-0.25, -0.2) is 4.79 Å². The summed E-state index contributed by atoms with van der Waals surface area (Å²) in [7, 11) is 1.51. The molecular formula is C19H18N2O3. The maximum Gasteiger partial charge on any atom is 0.348 e. The van der Waals surface area contributed by atoms with Crippen LogP contribution in [0.1, 0.15) is 5.56 Å². The summed E-state index contributed by atoms with van der Waals surface area (Å²) in [5.41, 5.74) is 2.60. The molecule has 2 rings (SSSR count). The molecule has 0 amide bonds. The maximum absolute atomic E-state index is 11.8. The number of para-hydroxylation sites is 1. The summed E-state index contributed by atoms with van der Waals surface area (Å²) >= 11 is 0. The van der Waals surface area contributed by atoms with E-state index in [1.807, 2.05) is 60.7 Å². The SMILES string of the molecule is COCCOC(=O)/C(C#N)=C/c1ccc(Nc2ccccc2)cc1. The second kappa shape index (κ2) is 9.13. The average molecular weight is 322 g/mol. The number of benzene rings is 2. The van der Waals surface area contributed by atoms with Gasteiger partial charge in [0, 0.05) is 18.5 Å². The van der Waals surface area contributed by atoms with Crippen molar-refractivity contribution in [2.45, 2.75) is 0 Å². The lowest BCUT2D eigenvalue weighted by Crippen LogP contribution is -2.11. The van der Waals surface area contributed by atoms with Crippen LogP contribution in [0, 0.1) is 11.3 Å². The van der Waals surface area contributed by atoms with Gasteiger partial charge in [-0.1, -0.05) is 30.3 Å². The van der Waals surface area contributed by atoms with Gasteiger partial charge in [-0.15, -0.1) is 0 Å². The zero-order valence-electron chi connectivity index (χ0n) is 13.4. The smallest absolute Gasteiger partial charge is 0.348 e. The van der Waals surface area contributed by atoms with Crippen molar-refractivity contribution in [2.24, 2.45) is 0 Å². The molecular weight excluding hydrogens is 304 g/mol. The van der Waals surface area contributed by atoms with Crippen LogP contribution in [0.25, 0.3) is 6.08 Å². The predicted octanol–water partition coefficient (Wildman–Crippen LogP) is 3.53. The number of nitrogens with one attached hydrogen (secondary N) is 1. The van der Waals surface area contributed by atoms with Gasteiger partial charge in [-0.3, -0.25) is 0 Å². The van der Waals surface area contributed by atoms with Gasteiger partial charge in [-0.2, -0.15) is 5.26 Å². The highest BCUT2D eigenvalue weighted by Gasteiger charge is 2.10. The topological polar surface area (TPSA) is 71.3 Å². The van der Waals surface area contributed by atoms with Crippen LogP contribution in [0.2, 0.25) is 0 Å². The van der Waals surface area contributed by atoms with Crippen LogP contribution in [-0.2, 0) is 14.3 Å². The zero-order chi connectivity index (χ0) is 17.2. The van der Waals surface area contributed by atoms with Crippen molar-refractivity contribution >= 4 is 23.4 Å². The molecule has 5 nitrogen and oxygen atoms in total. The minimum atomic E-state index is -0.652. The molecule has 0 saturated heterocycles. The van der Waals surface area contributed by atoms with Gasteiger partial charge in [0.2, 0.25) is 0 Å². The summed E-state index contributed by atoms with van der Waals surface area (Å²) in [5.74, 6) is -0.652. The number of carbonyl (C=O) groups is 1. The molecule has 0 aromatic heterocycles. The molecule has 0 heterocycles. The van der Waals surface area contributed by atoms with Gasteiger partial charge < -0.3 is 14.8 Å². The minimum absolute atomic E-state index is 0.0464. The Morgan fingerprint density at radius 2 is 1.75 bits per heavy atom. The van der Waals surface area contributed by atoms with Crippen molar-refractivity contribution in [2.75, 3.05) is 25.6 Å². The maximum atomic E-state index is 11.8. The normalized spacial score (nSPS) is 10.8. The number of nitriles is 1. The molecule has 0 unspecified atom stereocenters. The third-order valence-corrected chi connectivity index (χ3v) is 3.15. The molecule has 0 aliphatic rings. The second-order valence-electron chi connectivity index (χ2n) is 4.91. The average Bonchev–Trinajstić information content (AvgIpc) is 2.62. The third kappa shape index (κ3) is 5.27. The first kappa shape index (κ1) is 17.3. The third-order valence-electron chi connectivity index (χ3n) is 3.15. The largest absolute Gasteiger partial charge is 0.459 e. The number of hydrogen-bond acceptors (Lipinski definition) is 5. The number of nitrogens with zero attached hydrogens (tertiary/aromatic N) is 1. The van der Waals surface area contributed by atoms with E-state index in [0.29, 0.717) is 6.61 Å². The van der Waals surface area contributed by atoms with E-state index < -0.39 is 5.97 Å². The van der Waals surface area contributed by atoms with Crippen molar-refractivity contribution in [3.8, 4) is 6.07 Å². The molecule has 0 fully saturated rings. The molecule has 5 heteroatoms. The molecule has 0 radical (unpaired) electrons. The number of hydrogen-bond donors (Lipinski definition) is 1. The second-order valence-corrected chi connectivity index (χ2v) is 4.91. The Morgan fingerprint density at radius 1 is 1.08 bits per heavy atom. The van der Waals surface area contributed by atoms with Crippen molar-refractivity contribution in [3.63, 3.8) is 0 Å². The van der Waals surface area contributed by atoms with Gasteiger partial charge in [0.05, 0.1) is 6.61 Å². The highest BCUT2D eigenvalue weighted by Crippen LogP contribution is 2.18. The van der Waals surface area contributed by atoms with Gasteiger partial charge in [0.1, 0.15) is 18.2 Å². The molecule has 24 heavy (non-hydrogen) atoms. The standard InChI is InChI=1S/C19H18N2O3/c1-23-11-12-24-19(22)16(14-20)13-15-7-9-18(10-8-15)21-17-5-3-2-4-6-17/h2-10,13,21H,11-12H2,1H3/b16-13+. The number of ether oxygens (including phenoxy) is 2. The quantitative estimate of drug-likeness (QED) is 0.365. The molecule has 0 aliphatic heterocycles. The molecule has 0 saturated carbocycles. The van der Waals surface area contributed by atoms with Crippen LogP contribution in [0.4, 0.5) is 11.4 Å². The Kier molecular flexibility index (Phi) is 6.57. The van der Waals surface area contributed by atoms with E-state index in [2.05, 4.69) is 5.32 Å². The van der Waals surface area contributed by atoms with E-state index in [0.717, 1.165) is 16.9 Å². The molecule has 0 spiro atoms. The summed E-state index contributed by atoms with van der Waals surface area (Å²) in [6.07, 6.45) is 1.50. The summed E-state index contributed by atoms with van der Waals surface area (Å²) in [5, 5.41) is 12.4. The van der Waals surface area contributed by atoms with Crippen LogP contribution >= 0.6 is 0 Å².